The summed E-state index contributed by atoms with van der Waals surface area (Å²) in [5, 5.41) is 2.43. The number of hydrogen-bond acceptors (Lipinski definition) is 2. The van der Waals surface area contributed by atoms with Crippen LogP contribution in [0.2, 0.25) is 0 Å². The van der Waals surface area contributed by atoms with E-state index in [1.54, 1.807) is 0 Å². The molecule has 1 aliphatic heterocycles. The highest BCUT2D eigenvalue weighted by atomic mass is 79.9. The Morgan fingerprint density at radius 2 is 1.92 bits per heavy atom. The van der Waals surface area contributed by atoms with E-state index >= 15 is 0 Å². The molecule has 1 atom stereocenters. The predicted octanol–water partition coefficient (Wildman–Crippen LogP) is 5.83. The zero-order chi connectivity index (χ0) is 16.4. The van der Waals surface area contributed by atoms with Crippen molar-refractivity contribution in [3.8, 4) is 16.9 Å². The number of hydrogen-bond donors (Lipinski definition) is 0. The van der Waals surface area contributed by atoms with Gasteiger partial charge in [0.05, 0.1) is 6.10 Å². The summed E-state index contributed by atoms with van der Waals surface area (Å²) in [5.41, 5.74) is 2.46. The lowest BCUT2D eigenvalue weighted by atomic mass is 9.98. The molecule has 0 saturated carbocycles. The monoisotopic (exact) mass is 382 g/mol. The van der Waals surface area contributed by atoms with E-state index in [2.05, 4.69) is 76.6 Å². The molecule has 4 rings (SSSR count). The summed E-state index contributed by atoms with van der Waals surface area (Å²) in [6, 6.07) is 21.2. The molecule has 0 aliphatic carbocycles. The minimum absolute atomic E-state index is 0.245. The molecule has 2 nitrogen and oxygen atoms in total. The van der Waals surface area contributed by atoms with Crippen molar-refractivity contribution in [1.82, 2.24) is 0 Å². The summed E-state index contributed by atoms with van der Waals surface area (Å²) >= 11 is 3.50. The predicted molar refractivity (Wildman–Crippen MR) is 102 cm³/mol. The highest BCUT2D eigenvalue weighted by Gasteiger charge is 2.16. The lowest BCUT2D eigenvalue weighted by Gasteiger charge is -2.13. The number of rotatable bonds is 4. The lowest BCUT2D eigenvalue weighted by Crippen LogP contribution is -2.16. The summed E-state index contributed by atoms with van der Waals surface area (Å²) in [7, 11) is 0. The Labute approximate surface area is 150 Å². The molecular formula is C21H19BrO2. The van der Waals surface area contributed by atoms with Crippen LogP contribution < -0.4 is 4.74 Å². The van der Waals surface area contributed by atoms with Crippen LogP contribution in [0.15, 0.2) is 65.1 Å². The van der Waals surface area contributed by atoms with Crippen molar-refractivity contribution < 1.29 is 9.47 Å². The van der Waals surface area contributed by atoms with Crippen LogP contribution in [0.5, 0.6) is 5.75 Å². The summed E-state index contributed by atoms with van der Waals surface area (Å²) in [5.74, 6) is 0.908. The maximum Gasteiger partial charge on any atom is 0.120 e. The fourth-order valence-electron chi connectivity index (χ4n) is 3.20. The fraction of sp³-hybridized carbons (Fsp3) is 0.238. The van der Waals surface area contributed by atoms with Crippen molar-refractivity contribution in [1.29, 1.82) is 0 Å². The first-order chi connectivity index (χ1) is 11.8. The highest BCUT2D eigenvalue weighted by molar-refractivity contribution is 9.10. The standard InChI is InChI=1S/C21H19BrO2/c22-17-8-6-15(7-9-17)20-5-1-3-16-13-18(10-11-21(16)20)24-14-19-4-2-12-23-19/h1,3,5-11,13,19H,2,4,12,14H2. The smallest absolute Gasteiger partial charge is 0.120 e. The minimum atomic E-state index is 0.245. The number of ether oxygens (including phenoxy) is 2. The molecule has 3 aromatic rings. The second-order valence-corrected chi connectivity index (χ2v) is 7.06. The van der Waals surface area contributed by atoms with Gasteiger partial charge in [-0.25, -0.2) is 0 Å². The van der Waals surface area contributed by atoms with Crippen LogP contribution >= 0.6 is 15.9 Å². The molecule has 0 radical (unpaired) electrons. The van der Waals surface area contributed by atoms with Gasteiger partial charge in [0, 0.05) is 11.1 Å². The Balaban J connectivity index is 1.62. The van der Waals surface area contributed by atoms with Crippen LogP contribution in [0, 0.1) is 0 Å². The molecule has 1 fully saturated rings. The van der Waals surface area contributed by atoms with E-state index in [9.17, 15) is 0 Å². The first-order valence-electron chi connectivity index (χ1n) is 8.33. The summed E-state index contributed by atoms with van der Waals surface area (Å²) in [6.45, 7) is 1.50. The van der Waals surface area contributed by atoms with E-state index < -0.39 is 0 Å². The van der Waals surface area contributed by atoms with Crippen LogP contribution in [0.1, 0.15) is 12.8 Å². The molecule has 1 unspecified atom stereocenters. The van der Waals surface area contributed by atoms with E-state index in [1.807, 2.05) is 0 Å². The van der Waals surface area contributed by atoms with E-state index in [1.165, 1.54) is 21.9 Å². The number of benzene rings is 3. The van der Waals surface area contributed by atoms with E-state index in [0.717, 1.165) is 29.7 Å². The van der Waals surface area contributed by atoms with Crippen LogP contribution in [0.3, 0.4) is 0 Å². The third-order valence-corrected chi connectivity index (χ3v) is 5.00. The van der Waals surface area contributed by atoms with Crippen molar-refractivity contribution in [2.75, 3.05) is 13.2 Å². The average molecular weight is 383 g/mol. The third-order valence-electron chi connectivity index (χ3n) is 4.47. The summed E-state index contributed by atoms with van der Waals surface area (Å²) in [4.78, 5) is 0. The van der Waals surface area contributed by atoms with E-state index in [0.29, 0.717) is 6.61 Å². The normalized spacial score (nSPS) is 17.3. The van der Waals surface area contributed by atoms with Crippen molar-refractivity contribution in [2.24, 2.45) is 0 Å². The fourth-order valence-corrected chi connectivity index (χ4v) is 3.46. The quantitative estimate of drug-likeness (QED) is 0.565. The average Bonchev–Trinajstić information content (AvgIpc) is 3.13. The zero-order valence-electron chi connectivity index (χ0n) is 13.4. The van der Waals surface area contributed by atoms with Gasteiger partial charge < -0.3 is 9.47 Å². The largest absolute Gasteiger partial charge is 0.491 e. The molecule has 1 saturated heterocycles. The van der Waals surface area contributed by atoms with E-state index in [4.69, 9.17) is 9.47 Å². The molecular weight excluding hydrogens is 364 g/mol. The second kappa shape index (κ2) is 6.96. The Kier molecular flexibility index (Phi) is 4.54. The SMILES string of the molecule is Brc1ccc(-c2cccc3cc(OCC4CCCO4)ccc23)cc1. The van der Waals surface area contributed by atoms with Gasteiger partial charge in [-0.05, 0) is 59.0 Å². The highest BCUT2D eigenvalue weighted by Crippen LogP contribution is 2.31. The van der Waals surface area contributed by atoms with E-state index in [-0.39, 0.29) is 6.10 Å². The Morgan fingerprint density at radius 1 is 1.04 bits per heavy atom. The molecule has 122 valence electrons. The van der Waals surface area contributed by atoms with Gasteiger partial charge in [-0.1, -0.05) is 52.3 Å². The first kappa shape index (κ1) is 15.7. The zero-order valence-corrected chi connectivity index (χ0v) is 15.0. The van der Waals surface area contributed by atoms with Crippen LogP contribution in [-0.4, -0.2) is 19.3 Å². The van der Waals surface area contributed by atoms with Gasteiger partial charge in [-0.15, -0.1) is 0 Å². The van der Waals surface area contributed by atoms with Gasteiger partial charge in [0.15, 0.2) is 0 Å². The number of halogens is 1. The molecule has 3 heteroatoms. The summed E-state index contributed by atoms with van der Waals surface area (Å²) < 4.78 is 12.6. The maximum atomic E-state index is 5.93. The maximum absolute atomic E-state index is 5.93. The van der Waals surface area contributed by atoms with Gasteiger partial charge in [-0.3, -0.25) is 0 Å². The second-order valence-electron chi connectivity index (χ2n) is 6.14. The molecule has 0 aromatic heterocycles. The van der Waals surface area contributed by atoms with Gasteiger partial charge >= 0.3 is 0 Å². The molecule has 1 aliphatic rings. The molecule has 0 spiro atoms. The topological polar surface area (TPSA) is 18.5 Å². The van der Waals surface area contributed by atoms with Crippen LogP contribution in [-0.2, 0) is 4.74 Å². The van der Waals surface area contributed by atoms with Crippen LogP contribution in [0.4, 0.5) is 0 Å². The van der Waals surface area contributed by atoms with Crippen molar-refractivity contribution in [3.63, 3.8) is 0 Å². The molecule has 0 bridgehead atoms. The summed E-state index contributed by atoms with van der Waals surface area (Å²) in [6.07, 6.45) is 2.48. The third kappa shape index (κ3) is 3.33. The van der Waals surface area contributed by atoms with Gasteiger partial charge in [0.2, 0.25) is 0 Å². The lowest BCUT2D eigenvalue weighted by molar-refractivity contribution is 0.0680. The van der Waals surface area contributed by atoms with Crippen molar-refractivity contribution in [3.05, 3.63) is 65.1 Å². The van der Waals surface area contributed by atoms with Crippen molar-refractivity contribution in [2.45, 2.75) is 18.9 Å². The van der Waals surface area contributed by atoms with Gasteiger partial charge in [-0.2, -0.15) is 0 Å². The molecule has 1 heterocycles. The Bertz CT molecular complexity index is 836. The molecule has 24 heavy (non-hydrogen) atoms. The first-order valence-corrected chi connectivity index (χ1v) is 9.12. The van der Waals surface area contributed by atoms with Crippen molar-refractivity contribution >= 4 is 26.7 Å². The molecule has 3 aromatic carbocycles. The Morgan fingerprint density at radius 3 is 2.71 bits per heavy atom. The van der Waals surface area contributed by atoms with Gasteiger partial charge in [0.1, 0.15) is 12.4 Å². The molecule has 0 amide bonds. The van der Waals surface area contributed by atoms with Crippen LogP contribution in [0.25, 0.3) is 21.9 Å². The minimum Gasteiger partial charge on any atom is -0.491 e. The Hall–Kier alpha value is -1.84. The number of fused-ring (bicyclic) bond motifs is 1. The van der Waals surface area contributed by atoms with Gasteiger partial charge in [0.25, 0.3) is 0 Å². The molecule has 0 N–H and O–H groups in total.